The summed E-state index contributed by atoms with van der Waals surface area (Å²) in [5.41, 5.74) is 43.5. The molecule has 0 aromatic heterocycles. The quantitative estimate of drug-likeness (QED) is 0.160. The number of aryl methyl sites for hydroxylation is 3. The summed E-state index contributed by atoms with van der Waals surface area (Å²) in [4.78, 5) is 8.91. The normalized spacial score (nSPS) is 27.0. The molecule has 17 rings (SSSR count). The number of rotatable bonds is 2. The van der Waals surface area contributed by atoms with Gasteiger partial charge in [-0.3, -0.25) is 0 Å². The molecule has 0 N–H and O–H groups in total. The van der Waals surface area contributed by atoms with Crippen molar-refractivity contribution >= 4 is 57.5 Å². The molecule has 91 heavy (non-hydrogen) atoms. The summed E-state index contributed by atoms with van der Waals surface area (Å²) in [5.74, 6) is 0. The third-order valence-corrected chi connectivity index (χ3v) is 28.6. The minimum Gasteiger partial charge on any atom is -0.334 e. The van der Waals surface area contributed by atoms with E-state index >= 15 is 0 Å². The third-order valence-electron chi connectivity index (χ3n) is 28.6. The van der Waals surface area contributed by atoms with Crippen molar-refractivity contribution in [1.82, 2.24) is 0 Å². The standard InChI is InChI=1S/C87H106BN3/c1-48-36-50(3)71-65(37-48)91(87(23)27-25-24-26-86(71,87)22)52-41-67-74-68(42-52)90-64-47-60-58(80(10,11)31-33-82(60,14)15)44-54(64)69-70-61(45-62-72(69)84(18,19)35-34-83(62,16)17)85(20,21)76(75(70)90)88(74)73-53-43-57-56(78(6,7)29-30-79(57,8)9)39-51(53)40-66(73)89(67)63-46-59-55(38-49(63)2)77(4,5)28-32-81(59,12)13/h36-39,41-47H,24-35,40H2,1-23H3. The summed E-state index contributed by atoms with van der Waals surface area (Å²) in [5, 5.41) is 0. The van der Waals surface area contributed by atoms with Gasteiger partial charge in [0.2, 0.25) is 6.71 Å². The zero-order valence-electron chi connectivity index (χ0n) is 60.5. The Bertz CT molecular complexity index is 4460. The van der Waals surface area contributed by atoms with E-state index in [4.69, 9.17) is 0 Å². The van der Waals surface area contributed by atoms with E-state index in [0.29, 0.717) is 0 Å². The molecule has 0 amide bonds. The number of hydrogen-bond acceptors (Lipinski definition) is 3. The predicted octanol–water partition coefficient (Wildman–Crippen LogP) is 22.5. The van der Waals surface area contributed by atoms with E-state index in [0.717, 1.165) is 12.8 Å². The lowest BCUT2D eigenvalue weighted by atomic mass is 9.29. The molecule has 2 unspecified atom stereocenters. The Kier molecular flexibility index (Phi) is 11.3. The van der Waals surface area contributed by atoms with Crippen molar-refractivity contribution in [2.45, 2.75) is 302 Å². The van der Waals surface area contributed by atoms with E-state index in [9.17, 15) is 0 Å². The average molecular weight is 1200 g/mol. The molecule has 3 nitrogen and oxygen atoms in total. The second-order valence-electron chi connectivity index (χ2n) is 38.4. The maximum absolute atomic E-state index is 2.99. The van der Waals surface area contributed by atoms with Crippen LogP contribution in [0.1, 0.15) is 305 Å². The number of benzene rings is 6. The van der Waals surface area contributed by atoms with E-state index in [2.05, 4.69) is 241 Å². The maximum atomic E-state index is 2.99. The molecule has 1 saturated carbocycles. The lowest BCUT2D eigenvalue weighted by Crippen LogP contribution is -2.55. The fourth-order valence-electron chi connectivity index (χ4n) is 22.5. The Morgan fingerprint density at radius 1 is 0.374 bits per heavy atom. The van der Waals surface area contributed by atoms with Crippen LogP contribution in [0.25, 0.3) is 22.3 Å². The van der Waals surface area contributed by atoms with Crippen LogP contribution >= 0.6 is 0 Å². The first kappa shape index (κ1) is 59.0. The van der Waals surface area contributed by atoms with Gasteiger partial charge in [-0.05, 0) is 272 Å². The molecule has 0 radical (unpaired) electrons. The maximum Gasteiger partial charge on any atom is 0.249 e. The van der Waals surface area contributed by atoms with E-state index in [1.165, 1.54) is 161 Å². The van der Waals surface area contributed by atoms with Crippen molar-refractivity contribution in [1.29, 1.82) is 0 Å². The molecule has 6 aromatic carbocycles. The van der Waals surface area contributed by atoms with Crippen LogP contribution < -0.4 is 20.2 Å². The molecule has 2 atom stereocenters. The zero-order valence-corrected chi connectivity index (χ0v) is 60.5. The number of fused-ring (bicyclic) bond motifs is 16. The smallest absolute Gasteiger partial charge is 0.249 e. The average Bonchev–Trinajstić information content (AvgIpc) is 1.55. The largest absolute Gasteiger partial charge is 0.334 e. The first-order chi connectivity index (χ1) is 42.3. The SMILES string of the molecule is Cc1cc(C)c2c(c1)N(c1cc3c4c(c1)N1C5=C(B4C4=C(Cc6cc7c(cc64)C(C)(C)CCC7(C)C)N3c3cc4c(cc3C)C(C)(C)CCC4(C)C)C(C)(C)c3cc4c(c(c35)-c3cc5c(cc31)C(C)(C)CCC5(C)C)C(C)(C)CCC4(C)C)C1(C)CCCCC21C. The minimum atomic E-state index is -0.307. The van der Waals surface area contributed by atoms with Crippen LogP contribution in [0.5, 0.6) is 0 Å². The van der Waals surface area contributed by atoms with E-state index < -0.39 is 0 Å². The van der Waals surface area contributed by atoms with Crippen molar-refractivity contribution in [3.63, 3.8) is 0 Å². The Morgan fingerprint density at radius 2 is 0.868 bits per heavy atom. The summed E-state index contributed by atoms with van der Waals surface area (Å²) in [6.07, 6.45) is 15.3. The fourth-order valence-corrected chi connectivity index (χ4v) is 22.5. The van der Waals surface area contributed by atoms with Crippen molar-refractivity contribution in [2.24, 2.45) is 0 Å². The van der Waals surface area contributed by atoms with E-state index in [-0.39, 0.29) is 66.4 Å². The summed E-state index contributed by atoms with van der Waals surface area (Å²) in [6, 6.07) is 30.2. The first-order valence-corrected chi connectivity index (χ1v) is 36.2. The van der Waals surface area contributed by atoms with Gasteiger partial charge in [-0.25, -0.2) is 0 Å². The van der Waals surface area contributed by atoms with Gasteiger partial charge < -0.3 is 14.7 Å². The van der Waals surface area contributed by atoms with Crippen LogP contribution in [0, 0.1) is 20.8 Å². The molecule has 472 valence electrons. The highest BCUT2D eigenvalue weighted by atomic mass is 15.3. The molecule has 7 aliphatic carbocycles. The van der Waals surface area contributed by atoms with Gasteiger partial charge in [0.1, 0.15) is 0 Å². The molecular formula is C87H106BN3. The second kappa shape index (κ2) is 17.4. The molecule has 4 heteroatoms. The van der Waals surface area contributed by atoms with Crippen LogP contribution in [0.15, 0.2) is 77.9 Å². The second-order valence-corrected chi connectivity index (χ2v) is 38.4. The third kappa shape index (κ3) is 7.26. The van der Waals surface area contributed by atoms with Gasteiger partial charge in [-0.15, -0.1) is 0 Å². The molecule has 11 aliphatic rings. The summed E-state index contributed by atoms with van der Waals surface area (Å²) >= 11 is 0. The Labute approximate surface area is 549 Å². The monoisotopic (exact) mass is 1200 g/mol. The van der Waals surface area contributed by atoms with Crippen molar-refractivity contribution in [2.75, 3.05) is 14.7 Å². The first-order valence-electron chi connectivity index (χ1n) is 36.2. The lowest BCUT2D eigenvalue weighted by molar-refractivity contribution is 0.194. The number of nitrogens with zero attached hydrogens (tertiary/aromatic N) is 3. The fraction of sp³-hybridized carbons (Fsp3) is 0.540. The van der Waals surface area contributed by atoms with Gasteiger partial charge in [0.05, 0.1) is 11.2 Å². The molecule has 4 heterocycles. The van der Waals surface area contributed by atoms with Crippen LogP contribution in [0.2, 0.25) is 0 Å². The molecule has 4 aliphatic heterocycles. The highest BCUT2D eigenvalue weighted by Crippen LogP contribution is 2.70. The van der Waals surface area contributed by atoms with Gasteiger partial charge in [0, 0.05) is 68.2 Å². The van der Waals surface area contributed by atoms with Crippen LogP contribution in [-0.4, -0.2) is 12.3 Å². The van der Waals surface area contributed by atoms with Gasteiger partial charge in [-0.2, -0.15) is 0 Å². The van der Waals surface area contributed by atoms with Crippen LogP contribution in [0.3, 0.4) is 0 Å². The number of allylic oxidation sites excluding steroid dienone is 2. The van der Waals surface area contributed by atoms with Crippen molar-refractivity contribution < 1.29 is 0 Å². The van der Waals surface area contributed by atoms with Crippen molar-refractivity contribution in [3.05, 3.63) is 167 Å². The summed E-state index contributed by atoms with van der Waals surface area (Å²) in [6.45, 7) is 59.0. The van der Waals surface area contributed by atoms with Gasteiger partial charge in [0.25, 0.3) is 0 Å². The van der Waals surface area contributed by atoms with Gasteiger partial charge in [0.15, 0.2) is 0 Å². The molecule has 0 saturated heterocycles. The lowest BCUT2D eigenvalue weighted by Gasteiger charge is -2.52. The van der Waals surface area contributed by atoms with Gasteiger partial charge >= 0.3 is 0 Å². The van der Waals surface area contributed by atoms with Crippen LogP contribution in [0.4, 0.5) is 34.1 Å². The van der Waals surface area contributed by atoms with E-state index in [1.54, 1.807) is 72.1 Å². The van der Waals surface area contributed by atoms with Crippen LogP contribution in [-0.2, 0) is 60.6 Å². The zero-order chi connectivity index (χ0) is 64.5. The van der Waals surface area contributed by atoms with E-state index in [1.807, 2.05) is 0 Å². The molecule has 0 bridgehead atoms. The molecule has 0 spiro atoms. The highest BCUT2D eigenvalue weighted by Gasteiger charge is 2.62. The molecular weight excluding hydrogens is 1100 g/mol. The van der Waals surface area contributed by atoms with Crippen molar-refractivity contribution in [3.8, 4) is 11.1 Å². The molecule has 6 aromatic rings. The minimum absolute atomic E-state index is 0.0111. The van der Waals surface area contributed by atoms with Gasteiger partial charge in [-0.1, -0.05) is 180 Å². The Hall–Kier alpha value is -5.74. The summed E-state index contributed by atoms with van der Waals surface area (Å²) < 4.78 is 0. The Morgan fingerprint density at radius 3 is 1.46 bits per heavy atom. The number of hydrogen-bond donors (Lipinski definition) is 0. The predicted molar refractivity (Wildman–Crippen MR) is 390 cm³/mol. The number of anilines is 6. The summed E-state index contributed by atoms with van der Waals surface area (Å²) in [7, 11) is 0. The topological polar surface area (TPSA) is 9.72 Å². The molecule has 1 fully saturated rings. The highest BCUT2D eigenvalue weighted by molar-refractivity contribution is 6.99. The Balaban J connectivity index is 1.07.